The molecule has 0 saturated heterocycles. The van der Waals surface area contributed by atoms with Crippen molar-refractivity contribution in [3.63, 3.8) is 0 Å². The van der Waals surface area contributed by atoms with E-state index < -0.39 is 0 Å². The van der Waals surface area contributed by atoms with Crippen LogP contribution in [0.4, 0.5) is 0 Å². The number of halogens is 1. The van der Waals surface area contributed by atoms with Gasteiger partial charge in [0.05, 0.1) is 15.4 Å². The van der Waals surface area contributed by atoms with Gasteiger partial charge >= 0.3 is 0 Å². The van der Waals surface area contributed by atoms with Gasteiger partial charge in [0.2, 0.25) is 0 Å². The van der Waals surface area contributed by atoms with Gasteiger partial charge in [-0.1, -0.05) is 6.07 Å². The normalized spacial score (nSPS) is 10.4. The summed E-state index contributed by atoms with van der Waals surface area (Å²) in [5, 5.41) is 9.97. The van der Waals surface area contributed by atoms with E-state index in [9.17, 15) is 0 Å². The van der Waals surface area contributed by atoms with Crippen LogP contribution < -0.4 is 0 Å². The van der Waals surface area contributed by atoms with E-state index in [4.69, 9.17) is 5.26 Å². The van der Waals surface area contributed by atoms with Gasteiger partial charge in [0.15, 0.2) is 0 Å². The highest BCUT2D eigenvalue weighted by molar-refractivity contribution is 14.1. The Bertz CT molecular complexity index is 522. The molecule has 70 valence electrons. The summed E-state index contributed by atoms with van der Waals surface area (Å²) >= 11 is 4.11. The van der Waals surface area contributed by atoms with E-state index in [1.807, 2.05) is 0 Å². The molecular weight excluding hydrogens is 305 g/mol. The van der Waals surface area contributed by atoms with Crippen molar-refractivity contribution in [3.8, 4) is 6.07 Å². The van der Waals surface area contributed by atoms with Gasteiger partial charge in [-0.2, -0.15) is 5.26 Å². The second-order valence-corrected chi connectivity index (χ2v) is 6.20. The van der Waals surface area contributed by atoms with Crippen LogP contribution in [0, 0.1) is 21.1 Å². The van der Waals surface area contributed by atoms with Gasteiger partial charge in [-0.25, -0.2) is 0 Å². The lowest BCUT2D eigenvalue weighted by molar-refractivity contribution is 1.27. The molecule has 1 aromatic heterocycles. The lowest BCUT2D eigenvalue weighted by Gasteiger charge is -1.99. The highest BCUT2D eigenvalue weighted by Gasteiger charge is 2.05. The molecule has 0 aliphatic heterocycles. The Morgan fingerprint density at radius 2 is 2.21 bits per heavy atom. The summed E-state index contributed by atoms with van der Waals surface area (Å²) in [6.45, 7) is 2.08. The molecule has 3 heteroatoms. The largest absolute Gasteiger partial charge is 0.198 e. The van der Waals surface area contributed by atoms with E-state index in [1.165, 1.54) is 18.5 Å². The second-order valence-electron chi connectivity index (χ2n) is 3.22. The van der Waals surface area contributed by atoms with Crippen LogP contribution in [0.25, 0.3) is 10.1 Å². The van der Waals surface area contributed by atoms with E-state index in [0.29, 0.717) is 6.42 Å². The van der Waals surface area contributed by atoms with Crippen molar-refractivity contribution < 1.29 is 0 Å². The first-order valence-corrected chi connectivity index (χ1v) is 6.16. The molecule has 0 aliphatic rings. The van der Waals surface area contributed by atoms with Crippen LogP contribution in [-0.2, 0) is 6.42 Å². The molecule has 2 aromatic rings. The summed E-state index contributed by atoms with van der Waals surface area (Å²) < 4.78 is 2.57. The molecule has 0 unspecified atom stereocenters. The van der Waals surface area contributed by atoms with E-state index in [0.717, 1.165) is 5.56 Å². The Hall–Kier alpha value is -0.600. The van der Waals surface area contributed by atoms with Gasteiger partial charge in [0.1, 0.15) is 0 Å². The Labute approximate surface area is 101 Å². The second kappa shape index (κ2) is 3.87. The first kappa shape index (κ1) is 9.94. The van der Waals surface area contributed by atoms with Gasteiger partial charge in [-0.3, -0.25) is 0 Å². The maximum Gasteiger partial charge on any atom is 0.0669 e. The number of thiophene rings is 1. The number of fused-ring (bicyclic) bond motifs is 1. The van der Waals surface area contributed by atoms with Crippen LogP contribution in [-0.4, -0.2) is 0 Å². The Morgan fingerprint density at radius 3 is 2.93 bits per heavy atom. The van der Waals surface area contributed by atoms with Crippen LogP contribution in [0.1, 0.15) is 11.1 Å². The SMILES string of the molecule is Cc1cc(CC#N)c2cc(I)sc2c1. The number of rotatable bonds is 1. The lowest BCUT2D eigenvalue weighted by Crippen LogP contribution is -1.83. The standard InChI is InChI=1S/C11H8INS/c1-7-4-8(2-3-13)9-6-11(12)14-10(9)5-7/h4-6H,2H2,1H3. The molecule has 1 nitrogen and oxygen atoms in total. The molecule has 1 heterocycles. The topological polar surface area (TPSA) is 23.8 Å². The molecule has 0 N–H and O–H groups in total. The number of nitrogens with zero attached hydrogens (tertiary/aromatic N) is 1. The van der Waals surface area contributed by atoms with Crippen molar-refractivity contribution >= 4 is 44.0 Å². The van der Waals surface area contributed by atoms with Crippen molar-refractivity contribution in [2.24, 2.45) is 0 Å². The van der Waals surface area contributed by atoms with E-state index >= 15 is 0 Å². The minimum atomic E-state index is 0.505. The zero-order valence-corrected chi connectivity index (χ0v) is 10.6. The van der Waals surface area contributed by atoms with Crippen molar-refractivity contribution in [1.29, 1.82) is 5.26 Å². The smallest absolute Gasteiger partial charge is 0.0669 e. The average Bonchev–Trinajstić information content (AvgIpc) is 2.45. The quantitative estimate of drug-likeness (QED) is 0.733. The van der Waals surface area contributed by atoms with Crippen LogP contribution >= 0.6 is 33.9 Å². The van der Waals surface area contributed by atoms with Gasteiger partial charge in [-0.15, -0.1) is 11.3 Å². The molecular formula is C11H8INS. The zero-order chi connectivity index (χ0) is 10.1. The average molecular weight is 313 g/mol. The molecule has 0 amide bonds. The van der Waals surface area contributed by atoms with E-state index in [-0.39, 0.29) is 0 Å². The predicted molar refractivity (Wildman–Crippen MR) is 68.6 cm³/mol. The molecule has 0 saturated carbocycles. The number of hydrogen-bond acceptors (Lipinski definition) is 2. The summed E-state index contributed by atoms with van der Waals surface area (Å²) in [5.41, 5.74) is 2.39. The van der Waals surface area contributed by atoms with Crippen molar-refractivity contribution in [1.82, 2.24) is 0 Å². The molecule has 0 radical (unpaired) electrons. The van der Waals surface area contributed by atoms with Gasteiger partial charge in [0.25, 0.3) is 0 Å². The highest BCUT2D eigenvalue weighted by atomic mass is 127. The number of aryl methyl sites for hydroxylation is 1. The maximum atomic E-state index is 8.73. The third kappa shape index (κ3) is 1.77. The highest BCUT2D eigenvalue weighted by Crippen LogP contribution is 2.30. The monoisotopic (exact) mass is 313 g/mol. The summed E-state index contributed by atoms with van der Waals surface area (Å²) in [5.74, 6) is 0. The molecule has 1 aromatic carbocycles. The molecule has 0 fully saturated rings. The molecule has 0 atom stereocenters. The Kier molecular flexibility index (Phi) is 2.75. The molecule has 0 bridgehead atoms. The lowest BCUT2D eigenvalue weighted by atomic mass is 10.1. The van der Waals surface area contributed by atoms with E-state index in [2.05, 4.69) is 53.8 Å². The van der Waals surface area contributed by atoms with Crippen LogP contribution in [0.15, 0.2) is 18.2 Å². The van der Waals surface area contributed by atoms with Crippen molar-refractivity contribution in [3.05, 3.63) is 32.2 Å². The summed E-state index contributed by atoms with van der Waals surface area (Å²) in [6, 6.07) is 8.66. The molecule has 0 spiro atoms. The van der Waals surface area contributed by atoms with Gasteiger partial charge in [-0.05, 0) is 58.2 Å². The first-order valence-electron chi connectivity index (χ1n) is 4.26. The van der Waals surface area contributed by atoms with Gasteiger partial charge < -0.3 is 0 Å². The molecule has 2 rings (SSSR count). The minimum Gasteiger partial charge on any atom is -0.198 e. The first-order chi connectivity index (χ1) is 6.70. The summed E-state index contributed by atoms with van der Waals surface area (Å²) in [4.78, 5) is 0. The number of nitriles is 1. The van der Waals surface area contributed by atoms with Crippen LogP contribution in [0.5, 0.6) is 0 Å². The fourth-order valence-electron chi connectivity index (χ4n) is 1.56. The number of benzene rings is 1. The predicted octanol–water partition coefficient (Wildman–Crippen LogP) is 3.88. The maximum absolute atomic E-state index is 8.73. The van der Waals surface area contributed by atoms with E-state index in [1.54, 1.807) is 11.3 Å². The fourth-order valence-corrected chi connectivity index (χ4v) is 3.52. The minimum absolute atomic E-state index is 0.505. The van der Waals surface area contributed by atoms with Crippen LogP contribution in [0.3, 0.4) is 0 Å². The summed E-state index contributed by atoms with van der Waals surface area (Å²) in [7, 11) is 0. The van der Waals surface area contributed by atoms with Crippen molar-refractivity contribution in [2.45, 2.75) is 13.3 Å². The third-order valence-corrected chi connectivity index (χ3v) is 3.95. The number of hydrogen-bond donors (Lipinski definition) is 0. The van der Waals surface area contributed by atoms with Gasteiger partial charge in [0, 0.05) is 4.70 Å². The van der Waals surface area contributed by atoms with Crippen LogP contribution in [0.2, 0.25) is 0 Å². The Balaban J connectivity index is 2.74. The summed E-state index contributed by atoms with van der Waals surface area (Å²) in [6.07, 6.45) is 0.505. The van der Waals surface area contributed by atoms with Crippen molar-refractivity contribution in [2.75, 3.05) is 0 Å². The fraction of sp³-hybridized carbons (Fsp3) is 0.182. The molecule has 14 heavy (non-hydrogen) atoms. The molecule has 0 aliphatic carbocycles. The Morgan fingerprint density at radius 1 is 1.43 bits per heavy atom. The third-order valence-electron chi connectivity index (χ3n) is 2.11. The zero-order valence-electron chi connectivity index (χ0n) is 7.67.